The third-order valence-corrected chi connectivity index (χ3v) is 4.34. The molecular formula is C20H21NO2. The summed E-state index contributed by atoms with van der Waals surface area (Å²) in [5, 5.41) is 0.986. The van der Waals surface area contributed by atoms with Gasteiger partial charge in [0.15, 0.2) is 0 Å². The van der Waals surface area contributed by atoms with Crippen molar-refractivity contribution >= 4 is 16.7 Å². The summed E-state index contributed by atoms with van der Waals surface area (Å²) in [6.07, 6.45) is 0. The molecule has 118 valence electrons. The highest BCUT2D eigenvalue weighted by Crippen LogP contribution is 2.29. The fraction of sp³-hybridized carbons (Fsp3) is 0.250. The summed E-state index contributed by atoms with van der Waals surface area (Å²) >= 11 is 0. The molecule has 0 aliphatic heterocycles. The molecule has 0 spiro atoms. The number of benzene rings is 2. The maximum atomic E-state index is 12.5. The van der Waals surface area contributed by atoms with Gasteiger partial charge in [-0.05, 0) is 44.0 Å². The summed E-state index contributed by atoms with van der Waals surface area (Å²) in [6, 6.07) is 15.8. The first-order valence-electron chi connectivity index (χ1n) is 8.03. The van der Waals surface area contributed by atoms with E-state index in [2.05, 4.69) is 24.8 Å². The monoisotopic (exact) mass is 307 g/mol. The van der Waals surface area contributed by atoms with Crippen molar-refractivity contribution in [2.24, 2.45) is 0 Å². The summed E-state index contributed by atoms with van der Waals surface area (Å²) < 4.78 is 5.63. The van der Waals surface area contributed by atoms with Gasteiger partial charge in [0.1, 0.15) is 5.58 Å². The van der Waals surface area contributed by atoms with Crippen molar-refractivity contribution in [1.29, 1.82) is 0 Å². The van der Waals surface area contributed by atoms with Crippen LogP contribution in [0.3, 0.4) is 0 Å². The molecule has 0 aliphatic rings. The van der Waals surface area contributed by atoms with Crippen LogP contribution in [0.2, 0.25) is 0 Å². The van der Waals surface area contributed by atoms with Crippen LogP contribution in [0, 0.1) is 6.92 Å². The quantitative estimate of drug-likeness (QED) is 0.660. The van der Waals surface area contributed by atoms with Gasteiger partial charge in [0.2, 0.25) is 0 Å². The number of aryl methyl sites for hydroxylation is 1. The third-order valence-electron chi connectivity index (χ3n) is 4.34. The molecule has 0 N–H and O–H groups in total. The summed E-state index contributed by atoms with van der Waals surface area (Å²) in [7, 11) is 0. The van der Waals surface area contributed by atoms with E-state index in [1.807, 2.05) is 49.4 Å². The first kappa shape index (κ1) is 15.3. The normalized spacial score (nSPS) is 10.9. The molecule has 0 saturated carbocycles. The fourth-order valence-electron chi connectivity index (χ4n) is 3.07. The number of rotatable bonds is 4. The Kier molecular flexibility index (Phi) is 4.20. The number of anilines is 1. The van der Waals surface area contributed by atoms with Gasteiger partial charge in [0, 0.05) is 30.2 Å². The van der Waals surface area contributed by atoms with Gasteiger partial charge >= 0.3 is 5.63 Å². The molecule has 0 atom stereocenters. The zero-order valence-corrected chi connectivity index (χ0v) is 13.8. The van der Waals surface area contributed by atoms with Crippen LogP contribution in [-0.2, 0) is 0 Å². The maximum Gasteiger partial charge on any atom is 0.344 e. The minimum Gasteiger partial charge on any atom is -0.422 e. The Labute approximate surface area is 136 Å². The molecule has 0 amide bonds. The molecule has 0 radical (unpaired) electrons. The summed E-state index contributed by atoms with van der Waals surface area (Å²) in [6.45, 7) is 8.07. The van der Waals surface area contributed by atoms with Gasteiger partial charge in [0.25, 0.3) is 0 Å². The molecule has 23 heavy (non-hydrogen) atoms. The molecule has 0 unspecified atom stereocenters. The molecule has 0 bridgehead atoms. The standard InChI is InChI=1S/C20H21NO2/c1-4-21(5-2)16-11-12-17-14(3)19(15-9-7-6-8-10-15)20(22)23-18(17)13-16/h6-13H,4-5H2,1-3H3. The fourth-order valence-corrected chi connectivity index (χ4v) is 3.07. The van der Waals surface area contributed by atoms with E-state index in [9.17, 15) is 4.79 Å². The molecular weight excluding hydrogens is 286 g/mol. The van der Waals surface area contributed by atoms with Crippen LogP contribution >= 0.6 is 0 Å². The lowest BCUT2D eigenvalue weighted by Gasteiger charge is -2.21. The average molecular weight is 307 g/mol. The summed E-state index contributed by atoms with van der Waals surface area (Å²) in [4.78, 5) is 14.7. The van der Waals surface area contributed by atoms with Gasteiger partial charge in [-0.3, -0.25) is 0 Å². The van der Waals surface area contributed by atoms with Crippen molar-refractivity contribution in [3.63, 3.8) is 0 Å². The van der Waals surface area contributed by atoms with E-state index in [0.29, 0.717) is 11.1 Å². The smallest absolute Gasteiger partial charge is 0.344 e. The van der Waals surface area contributed by atoms with Gasteiger partial charge in [-0.25, -0.2) is 4.79 Å². The van der Waals surface area contributed by atoms with Gasteiger partial charge < -0.3 is 9.32 Å². The molecule has 3 nitrogen and oxygen atoms in total. The Bertz CT molecular complexity index is 877. The average Bonchev–Trinajstić information content (AvgIpc) is 2.57. The lowest BCUT2D eigenvalue weighted by molar-refractivity contribution is 0.562. The predicted octanol–water partition coefficient (Wildman–Crippen LogP) is 4.61. The van der Waals surface area contributed by atoms with E-state index in [1.54, 1.807) is 0 Å². The van der Waals surface area contributed by atoms with Crippen molar-refractivity contribution in [2.75, 3.05) is 18.0 Å². The Hall–Kier alpha value is -2.55. The Balaban J connectivity index is 2.21. The SMILES string of the molecule is CCN(CC)c1ccc2c(C)c(-c3ccccc3)c(=O)oc2c1. The molecule has 3 rings (SSSR count). The molecule has 3 heteroatoms. The minimum atomic E-state index is -0.280. The second-order valence-electron chi connectivity index (χ2n) is 5.61. The van der Waals surface area contributed by atoms with E-state index in [-0.39, 0.29) is 5.63 Å². The van der Waals surface area contributed by atoms with Crippen LogP contribution in [0.25, 0.3) is 22.1 Å². The largest absolute Gasteiger partial charge is 0.422 e. The highest BCUT2D eigenvalue weighted by atomic mass is 16.4. The molecule has 0 aliphatic carbocycles. The zero-order valence-electron chi connectivity index (χ0n) is 13.8. The van der Waals surface area contributed by atoms with Crippen LogP contribution in [0.4, 0.5) is 5.69 Å². The second kappa shape index (κ2) is 6.29. The highest BCUT2D eigenvalue weighted by Gasteiger charge is 2.14. The lowest BCUT2D eigenvalue weighted by atomic mass is 9.99. The van der Waals surface area contributed by atoms with Gasteiger partial charge in [0.05, 0.1) is 5.56 Å². The van der Waals surface area contributed by atoms with E-state index >= 15 is 0 Å². The molecule has 3 aromatic rings. The van der Waals surface area contributed by atoms with Gasteiger partial charge in [-0.1, -0.05) is 30.3 Å². The zero-order chi connectivity index (χ0) is 16.4. The van der Waals surface area contributed by atoms with Crippen LogP contribution in [0.5, 0.6) is 0 Å². The molecule has 1 heterocycles. The summed E-state index contributed by atoms with van der Waals surface area (Å²) in [5.74, 6) is 0. The van der Waals surface area contributed by atoms with E-state index < -0.39 is 0 Å². The molecule has 2 aromatic carbocycles. The molecule has 0 fully saturated rings. The Morgan fingerprint density at radius 2 is 1.70 bits per heavy atom. The van der Waals surface area contributed by atoms with E-state index in [1.165, 1.54) is 0 Å². The van der Waals surface area contributed by atoms with E-state index in [4.69, 9.17) is 4.42 Å². The third kappa shape index (κ3) is 2.74. The highest BCUT2D eigenvalue weighted by molar-refractivity contribution is 5.88. The van der Waals surface area contributed by atoms with Crippen molar-refractivity contribution in [2.45, 2.75) is 20.8 Å². The van der Waals surface area contributed by atoms with Crippen molar-refractivity contribution in [3.8, 4) is 11.1 Å². The predicted molar refractivity (Wildman–Crippen MR) is 96.2 cm³/mol. The number of nitrogens with zero attached hydrogens (tertiary/aromatic N) is 1. The van der Waals surface area contributed by atoms with Crippen LogP contribution in [0.15, 0.2) is 57.7 Å². The Morgan fingerprint density at radius 1 is 1.00 bits per heavy atom. The summed E-state index contributed by atoms with van der Waals surface area (Å²) in [5.41, 5.74) is 3.96. The number of fused-ring (bicyclic) bond motifs is 1. The lowest BCUT2D eigenvalue weighted by Crippen LogP contribution is -2.21. The number of hydrogen-bond donors (Lipinski definition) is 0. The topological polar surface area (TPSA) is 33.5 Å². The Morgan fingerprint density at radius 3 is 2.35 bits per heavy atom. The van der Waals surface area contributed by atoms with Crippen LogP contribution in [0.1, 0.15) is 19.4 Å². The minimum absolute atomic E-state index is 0.280. The van der Waals surface area contributed by atoms with E-state index in [0.717, 1.165) is 35.3 Å². The van der Waals surface area contributed by atoms with Gasteiger partial charge in [-0.2, -0.15) is 0 Å². The number of hydrogen-bond acceptors (Lipinski definition) is 3. The van der Waals surface area contributed by atoms with Crippen molar-refractivity contribution in [3.05, 3.63) is 64.5 Å². The molecule has 1 aromatic heterocycles. The first-order chi connectivity index (χ1) is 11.2. The van der Waals surface area contributed by atoms with Crippen LogP contribution in [-0.4, -0.2) is 13.1 Å². The first-order valence-corrected chi connectivity index (χ1v) is 8.03. The maximum absolute atomic E-state index is 12.5. The van der Waals surface area contributed by atoms with Gasteiger partial charge in [-0.15, -0.1) is 0 Å². The molecule has 0 saturated heterocycles. The van der Waals surface area contributed by atoms with Crippen LogP contribution < -0.4 is 10.5 Å². The van der Waals surface area contributed by atoms with Crippen molar-refractivity contribution < 1.29 is 4.42 Å². The second-order valence-corrected chi connectivity index (χ2v) is 5.61. The van der Waals surface area contributed by atoms with Crippen molar-refractivity contribution in [1.82, 2.24) is 0 Å².